The minimum Gasteiger partial charge on any atom is -0.375 e. The molecule has 52 heavy (non-hydrogen) atoms. The van der Waals surface area contributed by atoms with Crippen LogP contribution >= 0.6 is 0 Å². The fourth-order valence-corrected chi connectivity index (χ4v) is 6.18. The van der Waals surface area contributed by atoms with Crippen LogP contribution in [0.3, 0.4) is 0 Å². The van der Waals surface area contributed by atoms with E-state index >= 15 is 0 Å². The number of likely N-dealkylation sites (tertiary alicyclic amines) is 1. The van der Waals surface area contributed by atoms with Crippen molar-refractivity contribution in [2.24, 2.45) is 0 Å². The standard InChI is InChI=1S/C41H45F3N2O6/c1-40(2,3)45-38(47)34-36(51-26-31-20-12-6-13-21-31)37(52-27-32-22-14-7-15-23-32)35(50-25-30-18-10-5-11-19-30)33(46(34)39(48)41(42,43)44)28-49-24-29-16-8-4-9-17-29/h4-23,33-37H,24-28H2,1-3H3,(H,45,47)/t33-,34+,35-,36+,37+/m1/s1. The second-order valence-corrected chi connectivity index (χ2v) is 13.7. The summed E-state index contributed by atoms with van der Waals surface area (Å²) >= 11 is 0. The number of rotatable bonds is 14. The molecule has 0 aliphatic carbocycles. The van der Waals surface area contributed by atoms with Gasteiger partial charge < -0.3 is 29.2 Å². The second kappa shape index (κ2) is 17.8. The lowest BCUT2D eigenvalue weighted by atomic mass is 9.86. The lowest BCUT2D eigenvalue weighted by Gasteiger charge is -2.52. The summed E-state index contributed by atoms with van der Waals surface area (Å²) < 4.78 is 69.8. The molecule has 276 valence electrons. The van der Waals surface area contributed by atoms with Crippen LogP contribution in [0.4, 0.5) is 13.2 Å². The Kier molecular flexibility index (Phi) is 13.2. The van der Waals surface area contributed by atoms with Gasteiger partial charge in [-0.25, -0.2) is 0 Å². The molecule has 4 aromatic carbocycles. The van der Waals surface area contributed by atoms with Gasteiger partial charge in [-0.1, -0.05) is 121 Å². The fraction of sp³-hybridized carbons (Fsp3) is 0.366. The number of carbonyl (C=O) groups excluding carboxylic acids is 2. The van der Waals surface area contributed by atoms with Crippen molar-refractivity contribution < 1.29 is 41.7 Å². The first-order chi connectivity index (χ1) is 24.9. The van der Waals surface area contributed by atoms with E-state index in [1.165, 1.54) is 0 Å². The summed E-state index contributed by atoms with van der Waals surface area (Å²) in [4.78, 5) is 28.6. The third kappa shape index (κ3) is 10.7. The summed E-state index contributed by atoms with van der Waals surface area (Å²) in [5.41, 5.74) is 2.15. The Labute approximate surface area is 302 Å². The number of halogens is 3. The molecule has 1 fully saturated rings. The largest absolute Gasteiger partial charge is 0.471 e. The predicted molar refractivity (Wildman–Crippen MR) is 190 cm³/mol. The molecule has 1 N–H and O–H groups in total. The van der Waals surface area contributed by atoms with E-state index < -0.39 is 60.5 Å². The maximum absolute atomic E-state index is 14.7. The average Bonchev–Trinajstić information content (AvgIpc) is 3.12. The summed E-state index contributed by atoms with van der Waals surface area (Å²) in [7, 11) is 0. The molecule has 4 aromatic rings. The van der Waals surface area contributed by atoms with Crippen molar-refractivity contribution in [3.63, 3.8) is 0 Å². The highest BCUT2D eigenvalue weighted by Gasteiger charge is 2.60. The number of hydrogen-bond acceptors (Lipinski definition) is 6. The van der Waals surface area contributed by atoms with Crippen LogP contribution < -0.4 is 5.32 Å². The topological polar surface area (TPSA) is 86.3 Å². The quantitative estimate of drug-likeness (QED) is 0.151. The van der Waals surface area contributed by atoms with E-state index in [0.717, 1.165) is 16.7 Å². The van der Waals surface area contributed by atoms with Gasteiger partial charge in [-0.15, -0.1) is 0 Å². The second-order valence-electron chi connectivity index (χ2n) is 13.7. The minimum atomic E-state index is -5.34. The molecule has 5 rings (SSSR count). The van der Waals surface area contributed by atoms with Gasteiger partial charge in [-0.05, 0) is 43.0 Å². The maximum atomic E-state index is 14.7. The first kappa shape index (κ1) is 38.7. The van der Waals surface area contributed by atoms with E-state index in [2.05, 4.69) is 5.32 Å². The average molecular weight is 719 g/mol. The fourth-order valence-electron chi connectivity index (χ4n) is 6.18. The van der Waals surface area contributed by atoms with Crippen molar-refractivity contribution in [1.29, 1.82) is 0 Å². The Morgan fingerprint density at radius 2 is 0.981 bits per heavy atom. The molecule has 1 saturated heterocycles. The Hall–Kier alpha value is -4.55. The molecule has 0 radical (unpaired) electrons. The van der Waals surface area contributed by atoms with Gasteiger partial charge in [-0.2, -0.15) is 13.2 Å². The lowest BCUT2D eigenvalue weighted by molar-refractivity contribution is -0.241. The molecule has 0 spiro atoms. The van der Waals surface area contributed by atoms with Crippen LogP contribution in [0.25, 0.3) is 0 Å². The summed E-state index contributed by atoms with van der Waals surface area (Å²) in [5, 5.41) is 2.81. The number of alkyl halides is 3. The Bertz CT molecular complexity index is 1690. The van der Waals surface area contributed by atoms with Gasteiger partial charge in [0.2, 0.25) is 5.91 Å². The van der Waals surface area contributed by atoms with Gasteiger partial charge in [0.25, 0.3) is 0 Å². The highest BCUT2D eigenvalue weighted by atomic mass is 19.4. The van der Waals surface area contributed by atoms with Crippen molar-refractivity contribution in [3.8, 4) is 0 Å². The van der Waals surface area contributed by atoms with Crippen molar-refractivity contribution in [1.82, 2.24) is 10.2 Å². The van der Waals surface area contributed by atoms with Gasteiger partial charge in [0.05, 0.1) is 39.1 Å². The van der Waals surface area contributed by atoms with Crippen LogP contribution in [0, 0.1) is 0 Å². The third-order valence-corrected chi connectivity index (χ3v) is 8.49. The zero-order chi connectivity index (χ0) is 37.1. The smallest absolute Gasteiger partial charge is 0.375 e. The molecule has 0 aromatic heterocycles. The molecule has 1 aliphatic heterocycles. The van der Waals surface area contributed by atoms with Crippen molar-refractivity contribution in [2.75, 3.05) is 6.61 Å². The van der Waals surface area contributed by atoms with E-state index in [4.69, 9.17) is 18.9 Å². The number of hydrogen-bond donors (Lipinski definition) is 1. The number of amides is 2. The Morgan fingerprint density at radius 1 is 0.596 bits per heavy atom. The highest BCUT2D eigenvalue weighted by Crippen LogP contribution is 2.36. The molecule has 8 nitrogen and oxygen atoms in total. The summed E-state index contributed by atoms with van der Waals surface area (Å²) in [6.45, 7) is 4.69. The van der Waals surface area contributed by atoms with Crippen LogP contribution in [0.5, 0.6) is 0 Å². The van der Waals surface area contributed by atoms with Crippen LogP contribution in [0.15, 0.2) is 121 Å². The minimum absolute atomic E-state index is 0.0236. The van der Waals surface area contributed by atoms with Crippen LogP contribution in [-0.4, -0.2) is 65.4 Å². The maximum Gasteiger partial charge on any atom is 0.471 e. The van der Waals surface area contributed by atoms with E-state index in [0.29, 0.717) is 10.5 Å². The number of nitrogens with zero attached hydrogens (tertiary/aromatic N) is 1. The summed E-state index contributed by atoms with van der Waals surface area (Å²) in [6, 6.07) is 33.3. The van der Waals surface area contributed by atoms with E-state index in [1.54, 1.807) is 45.0 Å². The molecule has 1 heterocycles. The molecule has 1 aliphatic rings. The van der Waals surface area contributed by atoms with E-state index in [-0.39, 0.29) is 26.4 Å². The first-order valence-electron chi connectivity index (χ1n) is 17.2. The van der Waals surface area contributed by atoms with Gasteiger partial charge in [0.1, 0.15) is 24.4 Å². The normalized spacial score (nSPS) is 20.7. The molecule has 0 bridgehead atoms. The third-order valence-electron chi connectivity index (χ3n) is 8.49. The molecular weight excluding hydrogens is 673 g/mol. The predicted octanol–water partition coefficient (Wildman–Crippen LogP) is 7.02. The van der Waals surface area contributed by atoms with Crippen LogP contribution in [-0.2, 0) is 55.0 Å². The van der Waals surface area contributed by atoms with Gasteiger partial charge in [0, 0.05) is 5.54 Å². The van der Waals surface area contributed by atoms with Crippen molar-refractivity contribution in [3.05, 3.63) is 144 Å². The number of nitrogens with one attached hydrogen (secondary N) is 1. The van der Waals surface area contributed by atoms with E-state index in [9.17, 15) is 22.8 Å². The molecule has 5 atom stereocenters. The summed E-state index contributed by atoms with van der Waals surface area (Å²) in [5.74, 6) is -3.04. The van der Waals surface area contributed by atoms with Crippen molar-refractivity contribution in [2.45, 2.75) is 89.3 Å². The number of ether oxygens (including phenoxy) is 4. The molecular formula is C41H45F3N2O6. The number of benzene rings is 4. The molecule has 2 amide bonds. The Balaban J connectivity index is 1.64. The number of piperidine rings is 1. The zero-order valence-electron chi connectivity index (χ0n) is 29.5. The van der Waals surface area contributed by atoms with Gasteiger partial charge >= 0.3 is 12.1 Å². The number of carbonyl (C=O) groups is 2. The lowest BCUT2D eigenvalue weighted by Crippen LogP contribution is -2.75. The summed E-state index contributed by atoms with van der Waals surface area (Å²) in [6.07, 6.45) is -9.11. The van der Waals surface area contributed by atoms with Crippen molar-refractivity contribution >= 4 is 11.8 Å². The Morgan fingerprint density at radius 3 is 1.38 bits per heavy atom. The van der Waals surface area contributed by atoms with Crippen LogP contribution in [0.1, 0.15) is 43.0 Å². The molecule has 11 heteroatoms. The molecule has 0 unspecified atom stereocenters. The highest BCUT2D eigenvalue weighted by molar-refractivity contribution is 5.91. The first-order valence-corrected chi connectivity index (χ1v) is 17.2. The zero-order valence-corrected chi connectivity index (χ0v) is 29.5. The van der Waals surface area contributed by atoms with Gasteiger partial charge in [0.15, 0.2) is 0 Å². The van der Waals surface area contributed by atoms with Crippen LogP contribution in [0.2, 0.25) is 0 Å². The van der Waals surface area contributed by atoms with Gasteiger partial charge in [-0.3, -0.25) is 9.59 Å². The SMILES string of the molecule is CC(C)(C)NC(=O)[C@@H]1[C@H](OCc2ccccc2)[C@@H](OCc2ccccc2)[C@H](OCc2ccccc2)[C@@H](COCc2ccccc2)N1C(=O)C(F)(F)F. The van der Waals surface area contributed by atoms with E-state index in [1.807, 2.05) is 97.1 Å². The molecule has 0 saturated carbocycles. The monoisotopic (exact) mass is 718 g/mol.